The van der Waals surface area contributed by atoms with Crippen LogP contribution in [0.1, 0.15) is 52.0 Å². The van der Waals surface area contributed by atoms with Gasteiger partial charge in [0.05, 0.1) is 25.7 Å². The van der Waals surface area contributed by atoms with Crippen LogP contribution in [0.3, 0.4) is 0 Å². The Hall–Kier alpha value is -1.35. The standard InChI is InChI=1S/C18H28O3/c1-4-6-12-17(13-18(19)20-5-2)15(3)21-14-16-10-8-7-9-11-16/h7-11,15,17H,4-6,12-14H2,1-3H3/t15-,17?/m0/s1. The molecule has 0 amide bonds. The third kappa shape index (κ3) is 7.28. The molecule has 0 aliphatic heterocycles. The molecule has 0 bridgehead atoms. The molecule has 1 unspecified atom stereocenters. The van der Waals surface area contributed by atoms with E-state index in [1.54, 1.807) is 0 Å². The summed E-state index contributed by atoms with van der Waals surface area (Å²) in [4.78, 5) is 11.7. The van der Waals surface area contributed by atoms with Crippen molar-refractivity contribution in [1.29, 1.82) is 0 Å². The van der Waals surface area contributed by atoms with Gasteiger partial charge in [0.1, 0.15) is 0 Å². The van der Waals surface area contributed by atoms with Gasteiger partial charge in [0.2, 0.25) is 0 Å². The molecule has 3 heteroatoms. The third-order valence-corrected chi connectivity index (χ3v) is 3.68. The zero-order valence-electron chi connectivity index (χ0n) is 13.5. The summed E-state index contributed by atoms with van der Waals surface area (Å²) < 4.78 is 11.0. The summed E-state index contributed by atoms with van der Waals surface area (Å²) in [6, 6.07) is 10.1. The molecule has 21 heavy (non-hydrogen) atoms. The predicted octanol–water partition coefficient (Wildman–Crippen LogP) is 4.35. The van der Waals surface area contributed by atoms with Crippen molar-refractivity contribution >= 4 is 5.97 Å². The van der Waals surface area contributed by atoms with Crippen LogP contribution in [-0.2, 0) is 20.9 Å². The first kappa shape index (κ1) is 17.7. The molecular formula is C18H28O3. The number of benzene rings is 1. The Balaban J connectivity index is 2.49. The van der Waals surface area contributed by atoms with Gasteiger partial charge in [-0.3, -0.25) is 4.79 Å². The zero-order chi connectivity index (χ0) is 15.5. The first-order valence-corrected chi connectivity index (χ1v) is 7.98. The van der Waals surface area contributed by atoms with E-state index in [1.165, 1.54) is 0 Å². The van der Waals surface area contributed by atoms with Gasteiger partial charge in [0.25, 0.3) is 0 Å². The van der Waals surface area contributed by atoms with Gasteiger partial charge in [-0.2, -0.15) is 0 Å². The molecule has 1 aromatic rings. The Morgan fingerprint density at radius 1 is 1.19 bits per heavy atom. The van der Waals surface area contributed by atoms with E-state index in [4.69, 9.17) is 9.47 Å². The Labute approximate surface area is 128 Å². The summed E-state index contributed by atoms with van der Waals surface area (Å²) in [5, 5.41) is 0. The van der Waals surface area contributed by atoms with Crippen molar-refractivity contribution in [3.63, 3.8) is 0 Å². The molecule has 3 nitrogen and oxygen atoms in total. The molecule has 1 aromatic carbocycles. The molecule has 118 valence electrons. The molecule has 0 aliphatic rings. The average molecular weight is 292 g/mol. The lowest BCUT2D eigenvalue weighted by atomic mass is 9.93. The van der Waals surface area contributed by atoms with E-state index in [2.05, 4.69) is 26.0 Å². The van der Waals surface area contributed by atoms with E-state index < -0.39 is 0 Å². The highest BCUT2D eigenvalue weighted by molar-refractivity contribution is 5.69. The topological polar surface area (TPSA) is 35.5 Å². The fourth-order valence-corrected chi connectivity index (χ4v) is 2.34. The second-order valence-electron chi connectivity index (χ2n) is 5.41. The van der Waals surface area contributed by atoms with E-state index in [9.17, 15) is 4.79 Å². The summed E-state index contributed by atoms with van der Waals surface area (Å²) in [5.74, 6) is 0.112. The van der Waals surface area contributed by atoms with Crippen LogP contribution in [0.2, 0.25) is 0 Å². The number of ether oxygens (including phenoxy) is 2. The van der Waals surface area contributed by atoms with Crippen molar-refractivity contribution in [3.05, 3.63) is 35.9 Å². The van der Waals surface area contributed by atoms with Crippen molar-refractivity contribution in [3.8, 4) is 0 Å². The maximum absolute atomic E-state index is 11.7. The molecule has 0 N–H and O–H groups in total. The first-order valence-electron chi connectivity index (χ1n) is 7.98. The molecule has 0 saturated carbocycles. The van der Waals surface area contributed by atoms with E-state index in [0.29, 0.717) is 19.6 Å². The van der Waals surface area contributed by atoms with Crippen LogP contribution >= 0.6 is 0 Å². The van der Waals surface area contributed by atoms with E-state index in [-0.39, 0.29) is 18.0 Å². The number of hydrogen-bond acceptors (Lipinski definition) is 3. The minimum absolute atomic E-state index is 0.0566. The minimum Gasteiger partial charge on any atom is -0.466 e. The van der Waals surface area contributed by atoms with Crippen LogP contribution in [0.5, 0.6) is 0 Å². The van der Waals surface area contributed by atoms with Crippen LogP contribution in [-0.4, -0.2) is 18.7 Å². The second-order valence-corrected chi connectivity index (χ2v) is 5.41. The van der Waals surface area contributed by atoms with Gasteiger partial charge in [-0.25, -0.2) is 0 Å². The SMILES string of the molecule is CCCCC(CC(=O)OCC)[C@H](C)OCc1ccccc1. The quantitative estimate of drug-likeness (QED) is 0.601. The van der Waals surface area contributed by atoms with Gasteiger partial charge in [-0.1, -0.05) is 50.1 Å². The summed E-state index contributed by atoms with van der Waals surface area (Å²) in [5.41, 5.74) is 1.16. The van der Waals surface area contributed by atoms with Crippen molar-refractivity contribution < 1.29 is 14.3 Å². The van der Waals surface area contributed by atoms with Crippen molar-refractivity contribution in [1.82, 2.24) is 0 Å². The maximum Gasteiger partial charge on any atom is 0.306 e. The van der Waals surface area contributed by atoms with Gasteiger partial charge in [-0.05, 0) is 31.7 Å². The number of hydrogen-bond donors (Lipinski definition) is 0. The lowest BCUT2D eigenvalue weighted by molar-refractivity contribution is -0.145. The lowest BCUT2D eigenvalue weighted by Crippen LogP contribution is -2.24. The Morgan fingerprint density at radius 3 is 2.52 bits per heavy atom. The predicted molar refractivity (Wildman–Crippen MR) is 85.0 cm³/mol. The van der Waals surface area contributed by atoms with Crippen LogP contribution in [0.25, 0.3) is 0 Å². The summed E-state index contributed by atoms with van der Waals surface area (Å²) >= 11 is 0. The smallest absolute Gasteiger partial charge is 0.306 e. The fraction of sp³-hybridized carbons (Fsp3) is 0.611. The van der Waals surface area contributed by atoms with Crippen molar-refractivity contribution in [2.75, 3.05) is 6.61 Å². The summed E-state index contributed by atoms with van der Waals surface area (Å²) in [6.45, 7) is 7.10. The molecular weight excluding hydrogens is 264 g/mol. The van der Waals surface area contributed by atoms with Crippen LogP contribution < -0.4 is 0 Å². The molecule has 1 rings (SSSR count). The van der Waals surface area contributed by atoms with E-state index in [0.717, 1.165) is 24.8 Å². The highest BCUT2D eigenvalue weighted by Gasteiger charge is 2.21. The first-order chi connectivity index (χ1) is 10.2. The average Bonchev–Trinajstić information content (AvgIpc) is 2.50. The largest absolute Gasteiger partial charge is 0.466 e. The third-order valence-electron chi connectivity index (χ3n) is 3.68. The monoisotopic (exact) mass is 292 g/mol. The maximum atomic E-state index is 11.7. The number of rotatable bonds is 10. The van der Waals surface area contributed by atoms with Crippen molar-refractivity contribution in [2.45, 2.75) is 59.2 Å². The Bertz CT molecular complexity index is 389. The van der Waals surface area contributed by atoms with Crippen LogP contribution in [0.15, 0.2) is 30.3 Å². The molecule has 0 heterocycles. The number of unbranched alkanes of at least 4 members (excludes halogenated alkanes) is 1. The van der Waals surface area contributed by atoms with Gasteiger partial charge >= 0.3 is 5.97 Å². The van der Waals surface area contributed by atoms with Crippen LogP contribution in [0, 0.1) is 5.92 Å². The van der Waals surface area contributed by atoms with Crippen LogP contribution in [0.4, 0.5) is 0 Å². The van der Waals surface area contributed by atoms with Gasteiger partial charge in [-0.15, -0.1) is 0 Å². The Morgan fingerprint density at radius 2 is 1.90 bits per heavy atom. The minimum atomic E-state index is -0.117. The van der Waals surface area contributed by atoms with Crippen molar-refractivity contribution in [2.24, 2.45) is 5.92 Å². The summed E-state index contributed by atoms with van der Waals surface area (Å²) in [7, 11) is 0. The number of esters is 1. The van der Waals surface area contributed by atoms with E-state index >= 15 is 0 Å². The van der Waals surface area contributed by atoms with Gasteiger partial charge in [0, 0.05) is 0 Å². The highest BCUT2D eigenvalue weighted by atomic mass is 16.5. The summed E-state index contributed by atoms with van der Waals surface area (Å²) in [6.07, 6.45) is 3.75. The molecule has 0 radical (unpaired) electrons. The molecule has 0 saturated heterocycles. The molecule has 0 aliphatic carbocycles. The van der Waals surface area contributed by atoms with Gasteiger partial charge < -0.3 is 9.47 Å². The Kier molecular flexibility index (Phi) is 8.76. The molecule has 0 fully saturated rings. The fourth-order valence-electron chi connectivity index (χ4n) is 2.34. The zero-order valence-corrected chi connectivity index (χ0v) is 13.5. The molecule has 2 atom stereocenters. The number of carbonyl (C=O) groups excluding carboxylic acids is 1. The molecule has 0 spiro atoms. The normalized spacial score (nSPS) is 13.7. The second kappa shape index (κ2) is 10.4. The number of carbonyl (C=O) groups is 1. The highest BCUT2D eigenvalue weighted by Crippen LogP contribution is 2.21. The van der Waals surface area contributed by atoms with Gasteiger partial charge in [0.15, 0.2) is 0 Å². The van der Waals surface area contributed by atoms with E-state index in [1.807, 2.05) is 25.1 Å². The lowest BCUT2D eigenvalue weighted by Gasteiger charge is -2.23. The molecule has 0 aromatic heterocycles.